The van der Waals surface area contributed by atoms with Crippen molar-refractivity contribution < 1.29 is 23.7 Å². The van der Waals surface area contributed by atoms with E-state index in [1.807, 2.05) is 0 Å². The molecule has 0 aromatic heterocycles. The second kappa shape index (κ2) is 4.96. The van der Waals surface area contributed by atoms with Crippen molar-refractivity contribution in [1.82, 2.24) is 0 Å². The molecule has 1 aromatic carbocycles. The molecular formula is C13H14O5. The fourth-order valence-electron chi connectivity index (χ4n) is 2.04. The summed E-state index contributed by atoms with van der Waals surface area (Å²) in [5.41, 5.74) is 0.636. The topological polar surface area (TPSA) is 54.0 Å². The van der Waals surface area contributed by atoms with Gasteiger partial charge in [-0.2, -0.15) is 0 Å². The van der Waals surface area contributed by atoms with Gasteiger partial charge < -0.3 is 18.9 Å². The lowest BCUT2D eigenvalue weighted by atomic mass is 10.1. The maximum absolute atomic E-state index is 12.0. The first-order chi connectivity index (χ1) is 8.83. The van der Waals surface area contributed by atoms with E-state index in [1.54, 1.807) is 18.2 Å². The van der Waals surface area contributed by atoms with Crippen LogP contribution in [0.4, 0.5) is 0 Å². The first-order valence-electron chi connectivity index (χ1n) is 5.99. The minimum atomic E-state index is -0.233. The number of Topliss-reactive ketones (excluding diaryl/α,β-unsaturated/α-hetero) is 1. The third-order valence-electron chi connectivity index (χ3n) is 2.99. The first kappa shape index (κ1) is 11.5. The summed E-state index contributed by atoms with van der Waals surface area (Å²) in [7, 11) is 0. The quantitative estimate of drug-likeness (QED) is 0.762. The second-order valence-corrected chi connectivity index (χ2v) is 4.20. The standard InChI is InChI=1S/C13H14O5/c14-10(2-4-13-15-5-6-16-13)9-1-3-11-12(7-9)18-8-17-11/h1,3,7,13H,2,4-6,8H2. The number of carbonyl (C=O) groups is 1. The molecule has 0 radical (unpaired) electrons. The molecule has 18 heavy (non-hydrogen) atoms. The van der Waals surface area contributed by atoms with Gasteiger partial charge in [-0.05, 0) is 18.2 Å². The van der Waals surface area contributed by atoms with Crippen molar-refractivity contribution in [3.63, 3.8) is 0 Å². The molecular weight excluding hydrogens is 236 g/mol. The highest BCUT2D eigenvalue weighted by atomic mass is 16.7. The zero-order valence-electron chi connectivity index (χ0n) is 9.89. The number of carbonyl (C=O) groups excluding carboxylic acids is 1. The summed E-state index contributed by atoms with van der Waals surface area (Å²) >= 11 is 0. The molecule has 2 aliphatic heterocycles. The Morgan fingerprint density at radius 3 is 2.78 bits per heavy atom. The molecule has 1 saturated heterocycles. The molecule has 0 N–H and O–H groups in total. The SMILES string of the molecule is O=C(CCC1OCCO1)c1ccc2c(c1)OCO2. The van der Waals surface area contributed by atoms with E-state index in [0.717, 1.165) is 0 Å². The highest BCUT2D eigenvalue weighted by Crippen LogP contribution is 2.32. The maximum atomic E-state index is 12.0. The Labute approximate surface area is 105 Å². The van der Waals surface area contributed by atoms with Crippen LogP contribution in [0.15, 0.2) is 18.2 Å². The van der Waals surface area contributed by atoms with Crippen LogP contribution in [0, 0.1) is 0 Å². The van der Waals surface area contributed by atoms with Crippen molar-refractivity contribution in [3.05, 3.63) is 23.8 Å². The monoisotopic (exact) mass is 250 g/mol. The van der Waals surface area contributed by atoms with E-state index >= 15 is 0 Å². The average molecular weight is 250 g/mol. The van der Waals surface area contributed by atoms with Crippen molar-refractivity contribution in [2.24, 2.45) is 0 Å². The highest BCUT2D eigenvalue weighted by Gasteiger charge is 2.19. The Morgan fingerprint density at radius 2 is 1.94 bits per heavy atom. The van der Waals surface area contributed by atoms with Crippen molar-refractivity contribution >= 4 is 5.78 Å². The number of fused-ring (bicyclic) bond motifs is 1. The number of benzene rings is 1. The second-order valence-electron chi connectivity index (χ2n) is 4.20. The molecule has 3 rings (SSSR count). The third-order valence-corrected chi connectivity index (χ3v) is 2.99. The average Bonchev–Trinajstić information content (AvgIpc) is 3.05. The highest BCUT2D eigenvalue weighted by molar-refractivity contribution is 5.96. The van der Waals surface area contributed by atoms with E-state index in [9.17, 15) is 4.79 Å². The van der Waals surface area contributed by atoms with Gasteiger partial charge in [0, 0.05) is 18.4 Å². The van der Waals surface area contributed by atoms with Crippen LogP contribution in [0.2, 0.25) is 0 Å². The molecule has 5 nitrogen and oxygen atoms in total. The Bertz CT molecular complexity index is 451. The van der Waals surface area contributed by atoms with Gasteiger partial charge in [-0.3, -0.25) is 4.79 Å². The molecule has 0 aliphatic carbocycles. The summed E-state index contributed by atoms with van der Waals surface area (Å²) in [5.74, 6) is 1.38. The predicted molar refractivity (Wildman–Crippen MR) is 61.8 cm³/mol. The van der Waals surface area contributed by atoms with Crippen molar-refractivity contribution in [3.8, 4) is 11.5 Å². The van der Waals surface area contributed by atoms with Gasteiger partial charge in [-0.15, -0.1) is 0 Å². The van der Waals surface area contributed by atoms with Gasteiger partial charge in [0.15, 0.2) is 23.6 Å². The normalized spacial score (nSPS) is 18.2. The lowest BCUT2D eigenvalue weighted by Crippen LogP contribution is -2.10. The molecule has 0 amide bonds. The molecule has 0 atom stereocenters. The van der Waals surface area contributed by atoms with Crippen LogP contribution in [0.3, 0.4) is 0 Å². The number of ketones is 1. The minimum Gasteiger partial charge on any atom is -0.454 e. The van der Waals surface area contributed by atoms with Crippen LogP contribution in [0.1, 0.15) is 23.2 Å². The molecule has 0 bridgehead atoms. The van der Waals surface area contributed by atoms with Crippen molar-refractivity contribution in [2.45, 2.75) is 19.1 Å². The summed E-state index contributed by atoms with van der Waals surface area (Å²) in [5, 5.41) is 0. The van der Waals surface area contributed by atoms with Crippen LogP contribution < -0.4 is 9.47 Å². The van der Waals surface area contributed by atoms with E-state index in [-0.39, 0.29) is 18.9 Å². The number of rotatable bonds is 4. The van der Waals surface area contributed by atoms with Gasteiger partial charge in [0.25, 0.3) is 0 Å². The number of hydrogen-bond donors (Lipinski definition) is 0. The van der Waals surface area contributed by atoms with Crippen molar-refractivity contribution in [1.29, 1.82) is 0 Å². The van der Waals surface area contributed by atoms with E-state index in [1.165, 1.54) is 0 Å². The summed E-state index contributed by atoms with van der Waals surface area (Å²) in [4.78, 5) is 12.0. The molecule has 0 saturated carbocycles. The van der Waals surface area contributed by atoms with Gasteiger partial charge in [0.1, 0.15) is 0 Å². The van der Waals surface area contributed by atoms with Gasteiger partial charge >= 0.3 is 0 Å². The lowest BCUT2D eigenvalue weighted by molar-refractivity contribution is -0.0464. The van der Waals surface area contributed by atoms with Crippen LogP contribution in [0.5, 0.6) is 11.5 Å². The molecule has 1 aromatic rings. The maximum Gasteiger partial charge on any atom is 0.231 e. The molecule has 0 unspecified atom stereocenters. The Balaban J connectivity index is 1.61. The molecule has 5 heteroatoms. The smallest absolute Gasteiger partial charge is 0.231 e. The molecule has 2 heterocycles. The zero-order chi connectivity index (χ0) is 12.4. The van der Waals surface area contributed by atoms with Crippen molar-refractivity contribution in [2.75, 3.05) is 20.0 Å². The summed E-state index contributed by atoms with van der Waals surface area (Å²) in [6, 6.07) is 5.24. The van der Waals surface area contributed by atoms with E-state index < -0.39 is 0 Å². The van der Waals surface area contributed by atoms with Gasteiger partial charge in [-0.1, -0.05) is 0 Å². The largest absolute Gasteiger partial charge is 0.454 e. The Morgan fingerprint density at radius 1 is 1.17 bits per heavy atom. The first-order valence-corrected chi connectivity index (χ1v) is 5.99. The Kier molecular flexibility index (Phi) is 3.17. The zero-order valence-corrected chi connectivity index (χ0v) is 9.89. The summed E-state index contributed by atoms with van der Waals surface area (Å²) in [6.45, 7) is 1.45. The number of ether oxygens (including phenoxy) is 4. The molecule has 2 aliphatic rings. The predicted octanol–water partition coefficient (Wildman–Crippen LogP) is 1.75. The summed E-state index contributed by atoms with van der Waals surface area (Å²) in [6.07, 6.45) is 0.764. The lowest BCUT2D eigenvalue weighted by Gasteiger charge is -2.08. The summed E-state index contributed by atoms with van der Waals surface area (Å²) < 4.78 is 21.0. The van der Waals surface area contributed by atoms with Gasteiger partial charge in [-0.25, -0.2) is 0 Å². The third kappa shape index (κ3) is 2.32. The van der Waals surface area contributed by atoms with Crippen LogP contribution in [-0.4, -0.2) is 32.1 Å². The minimum absolute atomic E-state index is 0.0624. The molecule has 1 fully saturated rings. The van der Waals surface area contributed by atoms with Crippen LogP contribution >= 0.6 is 0 Å². The van der Waals surface area contributed by atoms with E-state index in [4.69, 9.17) is 18.9 Å². The fourth-order valence-corrected chi connectivity index (χ4v) is 2.04. The van der Waals surface area contributed by atoms with Gasteiger partial charge in [0.2, 0.25) is 6.79 Å². The van der Waals surface area contributed by atoms with E-state index in [2.05, 4.69) is 0 Å². The fraction of sp³-hybridized carbons (Fsp3) is 0.462. The van der Waals surface area contributed by atoms with Gasteiger partial charge in [0.05, 0.1) is 13.2 Å². The molecule has 96 valence electrons. The molecule has 0 spiro atoms. The Hall–Kier alpha value is -1.59. The van der Waals surface area contributed by atoms with Crippen LogP contribution in [0.25, 0.3) is 0 Å². The van der Waals surface area contributed by atoms with Crippen LogP contribution in [-0.2, 0) is 9.47 Å². The van der Waals surface area contributed by atoms with E-state index in [0.29, 0.717) is 43.1 Å². The number of hydrogen-bond acceptors (Lipinski definition) is 5.